The monoisotopic (exact) mass is 268 g/mol. The van der Waals surface area contributed by atoms with Crippen molar-refractivity contribution < 1.29 is 9.53 Å². The van der Waals surface area contributed by atoms with Gasteiger partial charge in [-0.25, -0.2) is 4.79 Å². The van der Waals surface area contributed by atoms with Gasteiger partial charge in [0.25, 0.3) is 0 Å². The van der Waals surface area contributed by atoms with Crippen LogP contribution in [-0.2, 0) is 4.74 Å². The van der Waals surface area contributed by atoms with Crippen molar-refractivity contribution in [3.05, 3.63) is 0 Å². The van der Waals surface area contributed by atoms with Crippen molar-refractivity contribution in [3.8, 4) is 0 Å². The Morgan fingerprint density at radius 2 is 1.89 bits per heavy atom. The molecule has 0 saturated carbocycles. The molecule has 1 unspecified atom stereocenters. The molecule has 1 spiro atoms. The number of piperidine rings is 1. The molecule has 2 aliphatic heterocycles. The Morgan fingerprint density at radius 1 is 1.16 bits per heavy atom. The molecule has 0 aromatic carbocycles. The van der Waals surface area contributed by atoms with Gasteiger partial charge in [-0.3, -0.25) is 0 Å². The molecule has 0 aliphatic carbocycles. The first-order valence-corrected chi connectivity index (χ1v) is 7.64. The number of amides is 1. The maximum atomic E-state index is 12.5. The second-order valence-corrected chi connectivity index (χ2v) is 6.95. The van der Waals surface area contributed by atoms with Crippen molar-refractivity contribution in [1.82, 2.24) is 10.2 Å². The second-order valence-electron chi connectivity index (χ2n) is 6.95. The van der Waals surface area contributed by atoms with Gasteiger partial charge in [-0.2, -0.15) is 0 Å². The van der Waals surface area contributed by atoms with Crippen LogP contribution in [0.3, 0.4) is 0 Å². The highest BCUT2D eigenvalue weighted by atomic mass is 16.6. The van der Waals surface area contributed by atoms with E-state index in [4.69, 9.17) is 4.74 Å². The first-order chi connectivity index (χ1) is 8.93. The molecule has 110 valence electrons. The number of rotatable bonds is 0. The summed E-state index contributed by atoms with van der Waals surface area (Å²) >= 11 is 0. The highest BCUT2D eigenvalue weighted by Crippen LogP contribution is 2.34. The van der Waals surface area contributed by atoms with Crippen LogP contribution in [0.5, 0.6) is 0 Å². The van der Waals surface area contributed by atoms with E-state index in [1.54, 1.807) is 0 Å². The van der Waals surface area contributed by atoms with E-state index in [1.807, 2.05) is 25.7 Å². The zero-order valence-corrected chi connectivity index (χ0v) is 12.6. The maximum absolute atomic E-state index is 12.5. The van der Waals surface area contributed by atoms with Crippen molar-refractivity contribution in [3.63, 3.8) is 0 Å². The van der Waals surface area contributed by atoms with Crippen LogP contribution in [0.15, 0.2) is 0 Å². The fourth-order valence-electron chi connectivity index (χ4n) is 3.27. The van der Waals surface area contributed by atoms with Crippen LogP contribution in [-0.4, -0.2) is 41.8 Å². The molecule has 4 heteroatoms. The summed E-state index contributed by atoms with van der Waals surface area (Å²) in [6.07, 6.45) is 6.79. The molecule has 4 nitrogen and oxygen atoms in total. The minimum absolute atomic E-state index is 0.00289. The minimum atomic E-state index is -0.410. The largest absolute Gasteiger partial charge is 0.444 e. The quantitative estimate of drug-likeness (QED) is 0.734. The summed E-state index contributed by atoms with van der Waals surface area (Å²) in [6, 6.07) is 0. The summed E-state index contributed by atoms with van der Waals surface area (Å²) < 4.78 is 5.62. The minimum Gasteiger partial charge on any atom is -0.444 e. The Kier molecular flexibility index (Phi) is 4.39. The van der Waals surface area contributed by atoms with E-state index in [0.717, 1.165) is 45.3 Å². The van der Waals surface area contributed by atoms with E-state index >= 15 is 0 Å². The van der Waals surface area contributed by atoms with Gasteiger partial charge < -0.3 is 15.0 Å². The summed E-state index contributed by atoms with van der Waals surface area (Å²) in [4.78, 5) is 14.5. The van der Waals surface area contributed by atoms with E-state index in [9.17, 15) is 4.79 Å². The van der Waals surface area contributed by atoms with Crippen molar-refractivity contribution in [1.29, 1.82) is 0 Å². The Balaban J connectivity index is 2.14. The van der Waals surface area contributed by atoms with Gasteiger partial charge in [0.05, 0.1) is 5.54 Å². The summed E-state index contributed by atoms with van der Waals surface area (Å²) in [7, 11) is 0. The molecule has 2 heterocycles. The predicted molar refractivity (Wildman–Crippen MR) is 76.2 cm³/mol. The lowest BCUT2D eigenvalue weighted by Gasteiger charge is -2.45. The number of likely N-dealkylation sites (tertiary alicyclic amines) is 1. The number of ether oxygens (including phenoxy) is 1. The zero-order chi connectivity index (χ0) is 13.9. The first-order valence-electron chi connectivity index (χ1n) is 7.64. The van der Waals surface area contributed by atoms with Gasteiger partial charge in [-0.15, -0.1) is 0 Å². The van der Waals surface area contributed by atoms with E-state index in [1.165, 1.54) is 12.8 Å². The van der Waals surface area contributed by atoms with Crippen LogP contribution in [0.4, 0.5) is 4.79 Å². The average molecular weight is 268 g/mol. The highest BCUT2D eigenvalue weighted by molar-refractivity contribution is 5.69. The molecule has 1 atom stereocenters. The molecule has 1 amide bonds. The van der Waals surface area contributed by atoms with Crippen LogP contribution < -0.4 is 5.32 Å². The van der Waals surface area contributed by atoms with E-state index < -0.39 is 5.60 Å². The Hall–Kier alpha value is -0.770. The van der Waals surface area contributed by atoms with Gasteiger partial charge in [0, 0.05) is 13.1 Å². The molecule has 19 heavy (non-hydrogen) atoms. The highest BCUT2D eigenvalue weighted by Gasteiger charge is 2.42. The lowest BCUT2D eigenvalue weighted by atomic mass is 9.84. The number of carbonyl (C=O) groups excluding carboxylic acids is 1. The fourth-order valence-corrected chi connectivity index (χ4v) is 3.27. The molecule has 2 rings (SSSR count). The number of hydrogen-bond acceptors (Lipinski definition) is 3. The average Bonchev–Trinajstić information content (AvgIpc) is 2.51. The van der Waals surface area contributed by atoms with Gasteiger partial charge in [-0.05, 0) is 53.0 Å². The van der Waals surface area contributed by atoms with Crippen molar-refractivity contribution in [2.24, 2.45) is 0 Å². The second kappa shape index (κ2) is 5.70. The summed E-state index contributed by atoms with van der Waals surface area (Å²) in [5.74, 6) is 0. The Morgan fingerprint density at radius 3 is 2.53 bits per heavy atom. The fraction of sp³-hybridized carbons (Fsp3) is 0.933. The number of nitrogens with zero attached hydrogens (tertiary/aromatic N) is 1. The molecule has 0 aromatic heterocycles. The lowest BCUT2D eigenvalue weighted by Crippen LogP contribution is -2.60. The SMILES string of the molecule is CC(C)(C)OC(=O)N1CCCCCC12CCCNC2. The number of nitrogens with one attached hydrogen (secondary N) is 1. The topological polar surface area (TPSA) is 41.6 Å². The Labute approximate surface area is 116 Å². The standard InChI is InChI=1S/C15H28N2O2/c1-14(2,3)19-13(18)17-11-6-4-5-8-15(17)9-7-10-16-12-15/h16H,4-12H2,1-3H3. The summed E-state index contributed by atoms with van der Waals surface area (Å²) in [6.45, 7) is 8.66. The van der Waals surface area contributed by atoms with E-state index in [-0.39, 0.29) is 11.6 Å². The molecular weight excluding hydrogens is 240 g/mol. The van der Waals surface area contributed by atoms with Crippen molar-refractivity contribution in [2.45, 2.75) is 70.4 Å². The summed E-state index contributed by atoms with van der Waals surface area (Å²) in [5.41, 5.74) is -0.413. The summed E-state index contributed by atoms with van der Waals surface area (Å²) in [5, 5.41) is 3.47. The molecule has 2 saturated heterocycles. The van der Waals surface area contributed by atoms with E-state index in [0.29, 0.717) is 0 Å². The third-order valence-electron chi connectivity index (χ3n) is 4.16. The van der Waals surface area contributed by atoms with Crippen LogP contribution >= 0.6 is 0 Å². The van der Waals surface area contributed by atoms with Gasteiger partial charge >= 0.3 is 6.09 Å². The number of carbonyl (C=O) groups is 1. The van der Waals surface area contributed by atoms with Gasteiger partial charge in [0.2, 0.25) is 0 Å². The van der Waals surface area contributed by atoms with E-state index in [2.05, 4.69) is 5.32 Å². The van der Waals surface area contributed by atoms with Gasteiger partial charge in [-0.1, -0.05) is 12.8 Å². The molecular formula is C15H28N2O2. The molecule has 0 aromatic rings. The first kappa shape index (κ1) is 14.6. The molecule has 2 fully saturated rings. The molecule has 2 aliphatic rings. The molecule has 0 radical (unpaired) electrons. The third kappa shape index (κ3) is 3.62. The van der Waals surface area contributed by atoms with Gasteiger partial charge in [0.15, 0.2) is 0 Å². The molecule has 1 N–H and O–H groups in total. The van der Waals surface area contributed by atoms with Gasteiger partial charge in [0.1, 0.15) is 5.60 Å². The normalized spacial score (nSPS) is 29.1. The Bertz CT molecular complexity index is 317. The van der Waals surface area contributed by atoms with Crippen molar-refractivity contribution in [2.75, 3.05) is 19.6 Å². The smallest absolute Gasteiger partial charge is 0.410 e. The van der Waals surface area contributed by atoms with Crippen LogP contribution in [0.1, 0.15) is 59.3 Å². The zero-order valence-electron chi connectivity index (χ0n) is 12.6. The van der Waals surface area contributed by atoms with Crippen LogP contribution in [0.2, 0.25) is 0 Å². The predicted octanol–water partition coefficient (Wildman–Crippen LogP) is 2.92. The number of hydrogen-bond donors (Lipinski definition) is 1. The van der Waals surface area contributed by atoms with Crippen molar-refractivity contribution >= 4 is 6.09 Å². The third-order valence-corrected chi connectivity index (χ3v) is 4.16. The molecule has 0 bridgehead atoms. The van der Waals surface area contributed by atoms with Crippen LogP contribution in [0, 0.1) is 0 Å². The van der Waals surface area contributed by atoms with Crippen LogP contribution in [0.25, 0.3) is 0 Å². The maximum Gasteiger partial charge on any atom is 0.410 e. The lowest BCUT2D eigenvalue weighted by molar-refractivity contribution is -0.00933.